The van der Waals surface area contributed by atoms with Crippen LogP contribution < -0.4 is 10.2 Å². The summed E-state index contributed by atoms with van der Waals surface area (Å²) in [6.45, 7) is 4.71. The first-order valence-electron chi connectivity index (χ1n) is 6.52. The molecule has 0 aliphatic rings. The Balaban J connectivity index is 2.36. The smallest absolute Gasteiger partial charge is 0.353 e. The number of aryl methyl sites for hydroxylation is 1. The summed E-state index contributed by atoms with van der Waals surface area (Å²) in [5.41, 5.74) is 0.832. The molecule has 8 nitrogen and oxygen atoms in total. The normalized spacial score (nSPS) is 10.4. The van der Waals surface area contributed by atoms with E-state index < -0.39 is 4.92 Å². The minimum Gasteiger partial charge on any atom is -0.469 e. The largest absolute Gasteiger partial charge is 0.469 e. The van der Waals surface area contributed by atoms with Gasteiger partial charge in [-0.2, -0.15) is 0 Å². The van der Waals surface area contributed by atoms with Crippen LogP contribution in [0.3, 0.4) is 0 Å². The van der Waals surface area contributed by atoms with E-state index in [1.807, 2.05) is 19.9 Å². The molecular weight excluding hydrogens is 274 g/mol. The van der Waals surface area contributed by atoms with Gasteiger partial charge in [-0.1, -0.05) is 0 Å². The molecule has 0 aromatic carbocycles. The lowest BCUT2D eigenvalue weighted by Gasteiger charge is -2.18. The third-order valence-electron chi connectivity index (χ3n) is 3.07. The van der Waals surface area contributed by atoms with Gasteiger partial charge in [-0.3, -0.25) is 10.1 Å². The van der Waals surface area contributed by atoms with E-state index in [1.165, 1.54) is 6.33 Å². The molecule has 2 rings (SSSR count). The summed E-state index contributed by atoms with van der Waals surface area (Å²) in [4.78, 5) is 20.6. The van der Waals surface area contributed by atoms with Crippen molar-refractivity contribution in [1.29, 1.82) is 0 Å². The van der Waals surface area contributed by atoms with Gasteiger partial charge in [0, 0.05) is 25.7 Å². The minimum atomic E-state index is -0.466. The Morgan fingerprint density at radius 2 is 2.24 bits per heavy atom. The van der Waals surface area contributed by atoms with Crippen LogP contribution in [0.15, 0.2) is 23.1 Å². The molecular formula is C13H17N5O3. The number of nitro groups is 1. The summed E-state index contributed by atoms with van der Waals surface area (Å²) in [6, 6.07) is 1.84. The topological polar surface area (TPSA) is 97.3 Å². The summed E-state index contributed by atoms with van der Waals surface area (Å²) >= 11 is 0. The van der Waals surface area contributed by atoms with Crippen molar-refractivity contribution >= 4 is 17.3 Å². The average Bonchev–Trinajstić information content (AvgIpc) is 2.84. The first-order valence-corrected chi connectivity index (χ1v) is 6.52. The lowest BCUT2D eigenvalue weighted by Crippen LogP contribution is -2.20. The summed E-state index contributed by atoms with van der Waals surface area (Å²) in [7, 11) is 1.75. The molecule has 1 N–H and O–H groups in total. The van der Waals surface area contributed by atoms with Gasteiger partial charge in [0.2, 0.25) is 11.6 Å². The van der Waals surface area contributed by atoms with E-state index in [0.717, 1.165) is 11.3 Å². The summed E-state index contributed by atoms with van der Waals surface area (Å²) in [5.74, 6) is 1.28. The first kappa shape index (κ1) is 14.8. The van der Waals surface area contributed by atoms with Crippen LogP contribution in [0.25, 0.3) is 0 Å². The molecule has 2 heterocycles. The second-order valence-electron chi connectivity index (χ2n) is 4.54. The molecule has 2 aromatic heterocycles. The van der Waals surface area contributed by atoms with Crippen LogP contribution >= 0.6 is 0 Å². The molecule has 21 heavy (non-hydrogen) atoms. The molecule has 0 saturated heterocycles. The number of furan rings is 1. The minimum absolute atomic E-state index is 0.122. The molecule has 0 atom stereocenters. The van der Waals surface area contributed by atoms with E-state index in [2.05, 4.69) is 15.3 Å². The van der Waals surface area contributed by atoms with Crippen molar-refractivity contribution in [1.82, 2.24) is 9.97 Å². The fraction of sp³-hybridized carbons (Fsp3) is 0.385. The van der Waals surface area contributed by atoms with Gasteiger partial charge in [-0.25, -0.2) is 9.97 Å². The van der Waals surface area contributed by atoms with Gasteiger partial charge in [-0.05, 0) is 19.9 Å². The zero-order valence-electron chi connectivity index (χ0n) is 12.2. The van der Waals surface area contributed by atoms with Crippen molar-refractivity contribution in [3.05, 3.63) is 40.1 Å². The van der Waals surface area contributed by atoms with E-state index in [9.17, 15) is 10.1 Å². The van der Waals surface area contributed by atoms with Gasteiger partial charge in [0.15, 0.2) is 0 Å². The van der Waals surface area contributed by atoms with Gasteiger partial charge >= 0.3 is 5.69 Å². The van der Waals surface area contributed by atoms with Crippen LogP contribution in [0.4, 0.5) is 17.3 Å². The Morgan fingerprint density at radius 1 is 1.48 bits per heavy atom. The standard InChI is InChI=1S/C13H17N5O3/c1-4-14-12-11(18(19)20)13(16-8-15-12)17(3)7-10-5-6-21-9(10)2/h5-6,8H,4,7H2,1-3H3,(H,14,15,16). The Morgan fingerprint density at radius 3 is 2.81 bits per heavy atom. The fourth-order valence-electron chi connectivity index (χ4n) is 2.02. The number of hydrogen-bond donors (Lipinski definition) is 1. The fourth-order valence-corrected chi connectivity index (χ4v) is 2.02. The van der Waals surface area contributed by atoms with Crippen LogP contribution in [0.5, 0.6) is 0 Å². The molecule has 0 fully saturated rings. The highest BCUT2D eigenvalue weighted by Gasteiger charge is 2.25. The van der Waals surface area contributed by atoms with Crippen molar-refractivity contribution in [2.45, 2.75) is 20.4 Å². The average molecular weight is 291 g/mol. The zero-order valence-corrected chi connectivity index (χ0v) is 12.2. The second kappa shape index (κ2) is 6.21. The summed E-state index contributed by atoms with van der Waals surface area (Å²) in [5, 5.41) is 14.2. The highest BCUT2D eigenvalue weighted by Crippen LogP contribution is 2.31. The van der Waals surface area contributed by atoms with Crippen molar-refractivity contribution < 1.29 is 9.34 Å². The quantitative estimate of drug-likeness (QED) is 0.644. The van der Waals surface area contributed by atoms with E-state index >= 15 is 0 Å². The van der Waals surface area contributed by atoms with Crippen molar-refractivity contribution in [3.8, 4) is 0 Å². The Bertz CT molecular complexity index is 640. The molecule has 0 spiro atoms. The van der Waals surface area contributed by atoms with E-state index in [1.54, 1.807) is 18.2 Å². The maximum atomic E-state index is 11.3. The van der Waals surface area contributed by atoms with Crippen LogP contribution in [0, 0.1) is 17.0 Å². The van der Waals surface area contributed by atoms with E-state index in [-0.39, 0.29) is 17.3 Å². The Hall–Kier alpha value is -2.64. The SMILES string of the molecule is CCNc1ncnc(N(C)Cc2ccoc2C)c1[N+](=O)[O-]. The molecule has 0 radical (unpaired) electrons. The number of hydrogen-bond acceptors (Lipinski definition) is 7. The third-order valence-corrected chi connectivity index (χ3v) is 3.07. The predicted octanol–water partition coefficient (Wildman–Crippen LogP) is 2.35. The zero-order chi connectivity index (χ0) is 15.4. The predicted molar refractivity (Wildman–Crippen MR) is 78.4 cm³/mol. The lowest BCUT2D eigenvalue weighted by molar-refractivity contribution is -0.383. The van der Waals surface area contributed by atoms with Gasteiger partial charge in [0.05, 0.1) is 11.2 Å². The second-order valence-corrected chi connectivity index (χ2v) is 4.54. The first-order chi connectivity index (χ1) is 10.0. The highest BCUT2D eigenvalue weighted by molar-refractivity contribution is 5.70. The number of aromatic nitrogens is 2. The molecule has 0 amide bonds. The summed E-state index contributed by atoms with van der Waals surface area (Å²) in [6.07, 6.45) is 2.91. The van der Waals surface area contributed by atoms with Crippen LogP contribution in [-0.2, 0) is 6.54 Å². The maximum absolute atomic E-state index is 11.3. The number of nitrogens with one attached hydrogen (secondary N) is 1. The van der Waals surface area contributed by atoms with Crippen molar-refractivity contribution in [3.63, 3.8) is 0 Å². The molecule has 8 heteroatoms. The van der Waals surface area contributed by atoms with Crippen molar-refractivity contribution in [2.24, 2.45) is 0 Å². The maximum Gasteiger partial charge on any atom is 0.353 e. The molecule has 2 aromatic rings. The molecule has 0 saturated carbocycles. The molecule has 0 aliphatic heterocycles. The van der Waals surface area contributed by atoms with Crippen LogP contribution in [0.2, 0.25) is 0 Å². The van der Waals surface area contributed by atoms with Gasteiger partial charge in [-0.15, -0.1) is 0 Å². The van der Waals surface area contributed by atoms with Gasteiger partial charge in [0.1, 0.15) is 12.1 Å². The number of anilines is 2. The highest BCUT2D eigenvalue weighted by atomic mass is 16.6. The molecule has 112 valence electrons. The van der Waals surface area contributed by atoms with E-state index in [0.29, 0.717) is 13.1 Å². The number of rotatable bonds is 6. The van der Waals surface area contributed by atoms with Crippen LogP contribution in [-0.4, -0.2) is 28.5 Å². The molecule has 0 bridgehead atoms. The Labute approximate surface area is 122 Å². The monoisotopic (exact) mass is 291 g/mol. The van der Waals surface area contributed by atoms with Crippen molar-refractivity contribution in [2.75, 3.05) is 23.8 Å². The number of nitrogens with zero attached hydrogens (tertiary/aromatic N) is 4. The van der Waals surface area contributed by atoms with Crippen LogP contribution in [0.1, 0.15) is 18.2 Å². The van der Waals surface area contributed by atoms with Gasteiger partial charge in [0.25, 0.3) is 0 Å². The molecule has 0 unspecified atom stereocenters. The summed E-state index contributed by atoms with van der Waals surface area (Å²) < 4.78 is 5.24. The third kappa shape index (κ3) is 3.10. The Kier molecular flexibility index (Phi) is 4.36. The van der Waals surface area contributed by atoms with Gasteiger partial charge < -0.3 is 14.6 Å². The lowest BCUT2D eigenvalue weighted by atomic mass is 10.2. The molecule has 0 aliphatic carbocycles. The van der Waals surface area contributed by atoms with E-state index in [4.69, 9.17) is 4.42 Å².